The van der Waals surface area contributed by atoms with Gasteiger partial charge >= 0.3 is 0 Å². The Kier molecular flexibility index (Phi) is 6.69. The minimum absolute atomic E-state index is 0.0884. The third-order valence-electron chi connectivity index (χ3n) is 3.33. The monoisotopic (exact) mass is 310 g/mol. The van der Waals surface area contributed by atoms with Crippen molar-refractivity contribution in [1.29, 1.82) is 0 Å². The number of H-pyrrole nitrogens is 1. The Morgan fingerprint density at radius 1 is 1.17 bits per heavy atom. The van der Waals surface area contributed by atoms with Crippen LogP contribution in [-0.2, 0) is 4.79 Å². The average Bonchev–Trinajstić information content (AvgIpc) is 2.93. The van der Waals surface area contributed by atoms with Crippen molar-refractivity contribution < 1.29 is 9.53 Å². The first-order chi connectivity index (χ1) is 11.1. The van der Waals surface area contributed by atoms with Crippen LogP contribution in [0.5, 0.6) is 5.75 Å². The first kappa shape index (κ1) is 18.1. The van der Waals surface area contributed by atoms with Crippen LogP contribution < -0.4 is 20.6 Å². The lowest BCUT2D eigenvalue weighted by Crippen LogP contribution is -2.25. The molecule has 2 N–H and O–H groups in total. The number of anilines is 1. The van der Waals surface area contributed by atoms with Gasteiger partial charge in [-0.25, -0.2) is 0 Å². The Bertz CT molecular complexity index is 796. The molecular formula is C19H22N2O2. The highest BCUT2D eigenvalue weighted by Gasteiger charge is 2.11. The third kappa shape index (κ3) is 4.04. The predicted octanol–water partition coefficient (Wildman–Crippen LogP) is 2.50. The number of hydrogen-bond donors (Lipinski definition) is 2. The van der Waals surface area contributed by atoms with Gasteiger partial charge in [0, 0.05) is 23.1 Å². The molecule has 0 bridgehead atoms. The second-order valence-electron chi connectivity index (χ2n) is 4.69. The fourth-order valence-corrected chi connectivity index (χ4v) is 2.34. The molecular weight excluding hydrogens is 288 g/mol. The van der Waals surface area contributed by atoms with E-state index in [9.17, 15) is 4.79 Å². The molecule has 1 amide bonds. The summed E-state index contributed by atoms with van der Waals surface area (Å²) in [4.78, 5) is 14.9. The highest BCUT2D eigenvalue weighted by molar-refractivity contribution is 5.93. The van der Waals surface area contributed by atoms with Gasteiger partial charge in [-0.3, -0.25) is 4.79 Å². The normalized spacial score (nSPS) is 11.6. The Morgan fingerprint density at radius 3 is 2.22 bits per heavy atom. The predicted molar refractivity (Wildman–Crippen MR) is 96.5 cm³/mol. The van der Waals surface area contributed by atoms with Gasteiger partial charge in [0.2, 0.25) is 5.91 Å². The second-order valence-corrected chi connectivity index (χ2v) is 4.69. The largest absolute Gasteiger partial charge is 0.497 e. The molecule has 2 aromatic rings. The van der Waals surface area contributed by atoms with Crippen molar-refractivity contribution in [3.05, 3.63) is 34.8 Å². The van der Waals surface area contributed by atoms with Gasteiger partial charge in [-0.1, -0.05) is 12.2 Å². The van der Waals surface area contributed by atoms with Crippen LogP contribution in [0.1, 0.15) is 20.8 Å². The molecule has 0 saturated heterocycles. The summed E-state index contributed by atoms with van der Waals surface area (Å²) in [6, 6.07) is 7.74. The van der Waals surface area contributed by atoms with E-state index in [1.807, 2.05) is 50.3 Å². The molecule has 0 unspecified atom stereocenters. The van der Waals surface area contributed by atoms with Gasteiger partial charge in [-0.2, -0.15) is 0 Å². The SMILES string of the molecule is C#C.C/C=c1/c(NC(C)=O)c(-c2ccc(OC)cc2)[nH]/c1=C/C. The molecule has 0 fully saturated rings. The van der Waals surface area contributed by atoms with E-state index in [4.69, 9.17) is 4.74 Å². The summed E-state index contributed by atoms with van der Waals surface area (Å²) in [7, 11) is 1.64. The summed E-state index contributed by atoms with van der Waals surface area (Å²) in [6.07, 6.45) is 12.0. The van der Waals surface area contributed by atoms with Crippen LogP contribution in [0.2, 0.25) is 0 Å². The number of hydrogen-bond acceptors (Lipinski definition) is 2. The first-order valence-electron chi connectivity index (χ1n) is 7.20. The maximum absolute atomic E-state index is 11.5. The van der Waals surface area contributed by atoms with E-state index in [2.05, 4.69) is 23.1 Å². The molecule has 1 aromatic carbocycles. The number of aromatic nitrogens is 1. The number of carbonyl (C=O) groups excluding carboxylic acids is 1. The molecule has 0 aliphatic carbocycles. The molecule has 120 valence electrons. The Balaban J connectivity index is 0.00000127. The molecule has 1 heterocycles. The van der Waals surface area contributed by atoms with Crippen molar-refractivity contribution in [3.63, 3.8) is 0 Å². The molecule has 2 rings (SSSR count). The summed E-state index contributed by atoms with van der Waals surface area (Å²) < 4.78 is 5.18. The topological polar surface area (TPSA) is 54.1 Å². The Morgan fingerprint density at radius 2 is 1.78 bits per heavy atom. The zero-order valence-electron chi connectivity index (χ0n) is 13.9. The standard InChI is InChI=1S/C17H20N2O2.C2H2/c1-5-14-15(6-2)19-16(17(14)18-11(3)20)12-7-9-13(21-4)10-8-12;1-2/h5-10,19H,1-4H3,(H,18,20);1-2H/b14-5+,15-6+;. The number of ether oxygens (including phenoxy) is 1. The van der Waals surface area contributed by atoms with E-state index in [1.54, 1.807) is 7.11 Å². The van der Waals surface area contributed by atoms with Crippen LogP contribution in [0, 0.1) is 12.8 Å². The molecule has 0 radical (unpaired) electrons. The van der Waals surface area contributed by atoms with Crippen molar-refractivity contribution in [2.24, 2.45) is 0 Å². The van der Waals surface area contributed by atoms with Crippen molar-refractivity contribution >= 4 is 23.7 Å². The molecule has 4 heteroatoms. The molecule has 0 aliphatic rings. The highest BCUT2D eigenvalue weighted by atomic mass is 16.5. The van der Waals surface area contributed by atoms with Crippen molar-refractivity contribution in [3.8, 4) is 29.9 Å². The summed E-state index contributed by atoms with van der Waals surface area (Å²) >= 11 is 0. The number of methoxy groups -OCH3 is 1. The summed E-state index contributed by atoms with van der Waals surface area (Å²) in [6.45, 7) is 5.44. The average molecular weight is 310 g/mol. The van der Waals surface area contributed by atoms with E-state index in [1.165, 1.54) is 6.92 Å². The van der Waals surface area contributed by atoms with Gasteiger partial charge in [-0.15, -0.1) is 12.8 Å². The second kappa shape index (κ2) is 8.50. The minimum Gasteiger partial charge on any atom is -0.497 e. The van der Waals surface area contributed by atoms with E-state index in [-0.39, 0.29) is 5.91 Å². The smallest absolute Gasteiger partial charge is 0.221 e. The van der Waals surface area contributed by atoms with Gasteiger partial charge in [-0.05, 0) is 38.1 Å². The van der Waals surface area contributed by atoms with E-state index in [0.29, 0.717) is 0 Å². The third-order valence-corrected chi connectivity index (χ3v) is 3.33. The van der Waals surface area contributed by atoms with E-state index >= 15 is 0 Å². The molecule has 0 spiro atoms. The lowest BCUT2D eigenvalue weighted by molar-refractivity contribution is -0.114. The van der Waals surface area contributed by atoms with Crippen molar-refractivity contribution in [1.82, 2.24) is 4.98 Å². The van der Waals surface area contributed by atoms with Crippen LogP contribution in [0.3, 0.4) is 0 Å². The number of rotatable bonds is 3. The molecule has 0 atom stereocenters. The number of carbonyl (C=O) groups is 1. The zero-order valence-corrected chi connectivity index (χ0v) is 13.9. The molecule has 4 nitrogen and oxygen atoms in total. The fourth-order valence-electron chi connectivity index (χ4n) is 2.34. The van der Waals surface area contributed by atoms with Gasteiger partial charge in [0.25, 0.3) is 0 Å². The number of nitrogens with one attached hydrogen (secondary N) is 2. The van der Waals surface area contributed by atoms with Crippen LogP contribution in [-0.4, -0.2) is 18.0 Å². The maximum Gasteiger partial charge on any atom is 0.221 e. The zero-order chi connectivity index (χ0) is 17.4. The number of terminal acetylenes is 1. The van der Waals surface area contributed by atoms with Gasteiger partial charge in [0.15, 0.2) is 0 Å². The van der Waals surface area contributed by atoms with Crippen molar-refractivity contribution in [2.75, 3.05) is 12.4 Å². The minimum atomic E-state index is -0.0884. The Labute approximate surface area is 136 Å². The lowest BCUT2D eigenvalue weighted by Gasteiger charge is -2.06. The molecule has 1 aromatic heterocycles. The van der Waals surface area contributed by atoms with Crippen LogP contribution in [0.4, 0.5) is 5.69 Å². The highest BCUT2D eigenvalue weighted by Crippen LogP contribution is 2.24. The van der Waals surface area contributed by atoms with Crippen LogP contribution >= 0.6 is 0 Å². The summed E-state index contributed by atoms with van der Waals surface area (Å²) in [5.41, 5.74) is 2.70. The summed E-state index contributed by atoms with van der Waals surface area (Å²) in [5.74, 6) is 0.713. The fraction of sp³-hybridized carbons (Fsp3) is 0.211. The van der Waals surface area contributed by atoms with Gasteiger partial charge in [0.1, 0.15) is 5.75 Å². The molecule has 0 aliphatic heterocycles. The quantitative estimate of drug-likeness (QED) is 0.856. The number of aromatic amines is 1. The van der Waals surface area contributed by atoms with Crippen LogP contribution in [0.15, 0.2) is 24.3 Å². The van der Waals surface area contributed by atoms with Crippen molar-refractivity contribution in [2.45, 2.75) is 20.8 Å². The van der Waals surface area contributed by atoms with E-state index in [0.717, 1.165) is 33.3 Å². The first-order valence-corrected chi connectivity index (χ1v) is 7.20. The summed E-state index contributed by atoms with van der Waals surface area (Å²) in [5, 5.41) is 4.91. The lowest BCUT2D eigenvalue weighted by atomic mass is 10.1. The number of amides is 1. The number of benzene rings is 1. The Hall–Kier alpha value is -2.93. The maximum atomic E-state index is 11.5. The van der Waals surface area contributed by atoms with Gasteiger partial charge < -0.3 is 15.0 Å². The molecule has 23 heavy (non-hydrogen) atoms. The van der Waals surface area contributed by atoms with E-state index < -0.39 is 0 Å². The van der Waals surface area contributed by atoms with Gasteiger partial charge in [0.05, 0.1) is 18.5 Å². The van der Waals surface area contributed by atoms with Crippen LogP contribution in [0.25, 0.3) is 23.4 Å². The molecule has 0 saturated carbocycles.